The van der Waals surface area contributed by atoms with Crippen LogP contribution in [0.2, 0.25) is 5.02 Å². The van der Waals surface area contributed by atoms with E-state index in [4.69, 9.17) is 22.1 Å². The van der Waals surface area contributed by atoms with E-state index in [9.17, 15) is 4.79 Å². The summed E-state index contributed by atoms with van der Waals surface area (Å²) in [5.74, 6) is 0.491. The lowest BCUT2D eigenvalue weighted by molar-refractivity contribution is -0.118. The highest BCUT2D eigenvalue weighted by Gasteiger charge is 2.17. The summed E-state index contributed by atoms with van der Waals surface area (Å²) >= 11 is 6.08. The molecule has 19 heavy (non-hydrogen) atoms. The van der Waals surface area contributed by atoms with Gasteiger partial charge in [-0.15, -0.1) is 0 Å². The molecule has 0 heterocycles. The summed E-state index contributed by atoms with van der Waals surface area (Å²) in [5.41, 5.74) is 6.39. The molecule has 3 N–H and O–H groups in total. The molecular formula is C14H21ClN2O2. The first kappa shape index (κ1) is 15.8. The van der Waals surface area contributed by atoms with Gasteiger partial charge in [-0.05, 0) is 30.5 Å². The van der Waals surface area contributed by atoms with Gasteiger partial charge in [-0.3, -0.25) is 4.79 Å². The van der Waals surface area contributed by atoms with E-state index < -0.39 is 6.04 Å². The van der Waals surface area contributed by atoms with Gasteiger partial charge < -0.3 is 15.8 Å². The standard InChI is InChI=1S/C14H21ClN2O2/c1-4-7-19-12-6-5-10(8-11(12)15)17-14(18)13(16)9(2)3/h5-6,8-9,13H,4,7,16H2,1-3H3,(H,17,18)/t13-/m1/s1. The van der Waals surface area contributed by atoms with Crippen LogP contribution in [0, 0.1) is 5.92 Å². The second kappa shape index (κ2) is 7.36. The summed E-state index contributed by atoms with van der Waals surface area (Å²) < 4.78 is 5.46. The van der Waals surface area contributed by atoms with Gasteiger partial charge in [0.05, 0.1) is 17.7 Å². The van der Waals surface area contributed by atoms with Crippen molar-refractivity contribution >= 4 is 23.2 Å². The van der Waals surface area contributed by atoms with E-state index in [1.165, 1.54) is 0 Å². The first-order chi connectivity index (χ1) is 8.95. The molecule has 1 aromatic carbocycles. The zero-order valence-electron chi connectivity index (χ0n) is 11.6. The van der Waals surface area contributed by atoms with Crippen molar-refractivity contribution in [3.05, 3.63) is 23.2 Å². The Bertz CT molecular complexity index is 435. The van der Waals surface area contributed by atoms with E-state index in [-0.39, 0.29) is 11.8 Å². The SMILES string of the molecule is CCCOc1ccc(NC(=O)[C@H](N)C(C)C)cc1Cl. The van der Waals surface area contributed by atoms with Crippen LogP contribution in [0.15, 0.2) is 18.2 Å². The third kappa shape index (κ3) is 4.73. The van der Waals surface area contributed by atoms with Crippen molar-refractivity contribution < 1.29 is 9.53 Å². The molecule has 0 radical (unpaired) electrons. The molecule has 0 aliphatic rings. The summed E-state index contributed by atoms with van der Waals surface area (Å²) in [6, 6.07) is 4.63. The molecule has 0 spiro atoms. The monoisotopic (exact) mass is 284 g/mol. The zero-order chi connectivity index (χ0) is 14.4. The smallest absolute Gasteiger partial charge is 0.241 e. The van der Waals surface area contributed by atoms with Gasteiger partial charge in [0.15, 0.2) is 0 Å². The van der Waals surface area contributed by atoms with Crippen LogP contribution in [0.4, 0.5) is 5.69 Å². The maximum Gasteiger partial charge on any atom is 0.241 e. The highest BCUT2D eigenvalue weighted by molar-refractivity contribution is 6.32. The van der Waals surface area contributed by atoms with E-state index in [1.54, 1.807) is 18.2 Å². The predicted molar refractivity (Wildman–Crippen MR) is 78.7 cm³/mol. The van der Waals surface area contributed by atoms with Gasteiger partial charge in [-0.2, -0.15) is 0 Å². The molecule has 106 valence electrons. The van der Waals surface area contributed by atoms with Crippen molar-refractivity contribution in [1.29, 1.82) is 0 Å². The van der Waals surface area contributed by atoms with Gasteiger partial charge >= 0.3 is 0 Å². The predicted octanol–water partition coefficient (Wildman–Crippen LogP) is 3.05. The number of hydrogen-bond acceptors (Lipinski definition) is 3. The minimum Gasteiger partial charge on any atom is -0.492 e. The van der Waals surface area contributed by atoms with Crippen LogP contribution in [-0.4, -0.2) is 18.6 Å². The Balaban J connectivity index is 2.70. The van der Waals surface area contributed by atoms with Crippen LogP contribution in [-0.2, 0) is 4.79 Å². The molecule has 0 aliphatic heterocycles. The van der Waals surface area contributed by atoms with Crippen LogP contribution in [0.3, 0.4) is 0 Å². The fraction of sp³-hybridized carbons (Fsp3) is 0.500. The van der Waals surface area contributed by atoms with Gasteiger partial charge in [0.2, 0.25) is 5.91 Å². The third-order valence-electron chi connectivity index (χ3n) is 2.68. The fourth-order valence-electron chi connectivity index (χ4n) is 1.44. The molecule has 0 saturated heterocycles. The molecular weight excluding hydrogens is 264 g/mol. The number of nitrogens with one attached hydrogen (secondary N) is 1. The van der Waals surface area contributed by atoms with Crippen molar-refractivity contribution in [1.82, 2.24) is 0 Å². The molecule has 0 unspecified atom stereocenters. The normalized spacial score (nSPS) is 12.3. The minimum absolute atomic E-state index is 0.0858. The highest BCUT2D eigenvalue weighted by Crippen LogP contribution is 2.27. The molecule has 0 aliphatic carbocycles. The van der Waals surface area contributed by atoms with E-state index in [0.29, 0.717) is 23.1 Å². The molecule has 1 amide bonds. The summed E-state index contributed by atoms with van der Waals surface area (Å²) in [4.78, 5) is 11.8. The number of nitrogens with two attached hydrogens (primary N) is 1. The van der Waals surface area contributed by atoms with Crippen LogP contribution < -0.4 is 15.8 Å². The van der Waals surface area contributed by atoms with Crippen LogP contribution >= 0.6 is 11.6 Å². The molecule has 1 rings (SSSR count). The molecule has 5 heteroatoms. The average molecular weight is 285 g/mol. The van der Waals surface area contributed by atoms with Gasteiger partial charge in [0, 0.05) is 5.69 Å². The number of carbonyl (C=O) groups excluding carboxylic acids is 1. The van der Waals surface area contributed by atoms with E-state index >= 15 is 0 Å². The molecule has 1 atom stereocenters. The molecule has 0 saturated carbocycles. The lowest BCUT2D eigenvalue weighted by Crippen LogP contribution is -2.39. The number of anilines is 1. The second-order valence-corrected chi connectivity index (χ2v) is 5.16. The quantitative estimate of drug-likeness (QED) is 0.844. The Morgan fingerprint density at radius 1 is 1.47 bits per heavy atom. The first-order valence-electron chi connectivity index (χ1n) is 6.44. The van der Waals surface area contributed by atoms with E-state index in [2.05, 4.69) is 5.32 Å². The maximum absolute atomic E-state index is 11.8. The Morgan fingerprint density at radius 2 is 2.16 bits per heavy atom. The van der Waals surface area contributed by atoms with Crippen molar-refractivity contribution in [2.45, 2.75) is 33.2 Å². The maximum atomic E-state index is 11.8. The highest BCUT2D eigenvalue weighted by atomic mass is 35.5. The first-order valence-corrected chi connectivity index (χ1v) is 6.82. The van der Waals surface area contributed by atoms with Gasteiger partial charge in [0.25, 0.3) is 0 Å². The number of halogens is 1. The molecule has 1 aromatic rings. The minimum atomic E-state index is -0.533. The average Bonchev–Trinajstić information content (AvgIpc) is 2.36. The summed E-state index contributed by atoms with van der Waals surface area (Å²) in [6.45, 7) is 6.44. The van der Waals surface area contributed by atoms with Crippen LogP contribution in [0.1, 0.15) is 27.2 Å². The molecule has 0 bridgehead atoms. The van der Waals surface area contributed by atoms with Gasteiger partial charge in [0.1, 0.15) is 5.75 Å². The van der Waals surface area contributed by atoms with Crippen molar-refractivity contribution in [3.8, 4) is 5.75 Å². The van der Waals surface area contributed by atoms with Gasteiger partial charge in [-0.25, -0.2) is 0 Å². The Hall–Kier alpha value is -1.26. The fourth-order valence-corrected chi connectivity index (χ4v) is 1.67. The third-order valence-corrected chi connectivity index (χ3v) is 2.98. The largest absolute Gasteiger partial charge is 0.492 e. The second-order valence-electron chi connectivity index (χ2n) is 4.75. The lowest BCUT2D eigenvalue weighted by Gasteiger charge is -2.16. The van der Waals surface area contributed by atoms with Crippen LogP contribution in [0.25, 0.3) is 0 Å². The molecule has 0 aromatic heterocycles. The summed E-state index contributed by atoms with van der Waals surface area (Å²) in [7, 11) is 0. The number of benzene rings is 1. The number of carbonyl (C=O) groups is 1. The van der Waals surface area contributed by atoms with E-state index in [1.807, 2.05) is 20.8 Å². The van der Waals surface area contributed by atoms with E-state index in [0.717, 1.165) is 6.42 Å². The summed E-state index contributed by atoms with van der Waals surface area (Å²) in [5, 5.41) is 3.22. The number of hydrogen-bond donors (Lipinski definition) is 2. The van der Waals surface area contributed by atoms with Crippen molar-refractivity contribution in [2.75, 3.05) is 11.9 Å². The Labute approximate surface area is 119 Å². The number of ether oxygens (including phenoxy) is 1. The zero-order valence-corrected chi connectivity index (χ0v) is 12.3. The number of amides is 1. The Morgan fingerprint density at radius 3 is 2.68 bits per heavy atom. The molecule has 0 fully saturated rings. The Kier molecular flexibility index (Phi) is 6.12. The van der Waals surface area contributed by atoms with Crippen LogP contribution in [0.5, 0.6) is 5.75 Å². The molecule has 4 nitrogen and oxygen atoms in total. The topological polar surface area (TPSA) is 64.3 Å². The van der Waals surface area contributed by atoms with Gasteiger partial charge in [-0.1, -0.05) is 32.4 Å². The number of rotatable bonds is 6. The van der Waals surface area contributed by atoms with Crippen molar-refractivity contribution in [3.63, 3.8) is 0 Å². The van der Waals surface area contributed by atoms with Crippen molar-refractivity contribution in [2.24, 2.45) is 11.7 Å². The lowest BCUT2D eigenvalue weighted by atomic mass is 10.0. The summed E-state index contributed by atoms with van der Waals surface area (Å²) in [6.07, 6.45) is 0.915.